The van der Waals surface area contributed by atoms with Gasteiger partial charge in [-0.2, -0.15) is 0 Å². The third-order valence-electron chi connectivity index (χ3n) is 3.24. The van der Waals surface area contributed by atoms with E-state index in [1.54, 1.807) is 12.1 Å². The summed E-state index contributed by atoms with van der Waals surface area (Å²) in [7, 11) is 0. The van der Waals surface area contributed by atoms with Gasteiger partial charge in [0.2, 0.25) is 0 Å². The number of furan rings is 1. The Labute approximate surface area is 114 Å². The molecule has 3 nitrogen and oxygen atoms in total. The molecule has 1 heterocycles. The molecule has 0 unspecified atom stereocenters. The fourth-order valence-corrected chi connectivity index (χ4v) is 2.90. The predicted octanol–water partition coefficient (Wildman–Crippen LogP) is 3.71. The van der Waals surface area contributed by atoms with Crippen molar-refractivity contribution < 1.29 is 9.21 Å². The molecule has 1 amide bonds. The molecule has 0 bridgehead atoms. The fraction of sp³-hybridized carbons (Fsp3) is 0.583. The fourth-order valence-electron chi connectivity index (χ4n) is 2.26. The van der Waals surface area contributed by atoms with Crippen molar-refractivity contribution in [1.82, 2.24) is 5.32 Å². The van der Waals surface area contributed by atoms with Gasteiger partial charge in [0.25, 0.3) is 5.91 Å². The smallest absolute Gasteiger partial charge is 0.287 e. The third-order valence-corrected chi connectivity index (χ3v) is 4.18. The summed E-state index contributed by atoms with van der Waals surface area (Å²) in [5.74, 6) is 0.603. The maximum atomic E-state index is 12.0. The molecule has 0 saturated heterocycles. The average Bonchev–Trinajstić information content (AvgIpc) is 2.77. The van der Waals surface area contributed by atoms with Crippen LogP contribution < -0.4 is 5.32 Å². The summed E-state index contributed by atoms with van der Waals surface area (Å²) in [6, 6.07) is 3.37. The summed E-state index contributed by atoms with van der Waals surface area (Å²) in [6.45, 7) is 0. The Morgan fingerprint density at radius 3 is 2.65 bits per heavy atom. The summed E-state index contributed by atoms with van der Waals surface area (Å²) in [4.78, 5) is 12.0. The molecular formula is C12H15BrClNO2. The average molecular weight is 321 g/mol. The molecule has 94 valence electrons. The summed E-state index contributed by atoms with van der Waals surface area (Å²) >= 11 is 9.20. The van der Waals surface area contributed by atoms with Crippen LogP contribution in [0, 0.1) is 0 Å². The summed E-state index contributed by atoms with van der Waals surface area (Å²) in [5, 5.41) is 3.03. The van der Waals surface area contributed by atoms with Crippen molar-refractivity contribution in [1.29, 1.82) is 0 Å². The summed E-state index contributed by atoms with van der Waals surface area (Å²) < 4.78 is 5.80. The van der Waals surface area contributed by atoms with E-state index in [-0.39, 0.29) is 11.4 Å². The van der Waals surface area contributed by atoms with Crippen molar-refractivity contribution in [3.63, 3.8) is 0 Å². The van der Waals surface area contributed by atoms with E-state index in [0.29, 0.717) is 16.3 Å². The second-order valence-corrected chi connectivity index (χ2v) is 5.58. The van der Waals surface area contributed by atoms with Crippen LogP contribution in [0.15, 0.2) is 21.2 Å². The van der Waals surface area contributed by atoms with E-state index in [1.165, 1.54) is 6.42 Å². The molecule has 1 aromatic rings. The largest absolute Gasteiger partial charge is 0.444 e. The Morgan fingerprint density at radius 1 is 1.41 bits per heavy atom. The van der Waals surface area contributed by atoms with Crippen LogP contribution in [0.4, 0.5) is 0 Å². The van der Waals surface area contributed by atoms with Gasteiger partial charge in [0.15, 0.2) is 10.4 Å². The second-order valence-electron chi connectivity index (χ2n) is 4.53. The Balaban J connectivity index is 2.05. The van der Waals surface area contributed by atoms with Crippen LogP contribution in [-0.2, 0) is 0 Å². The minimum atomic E-state index is -0.254. The van der Waals surface area contributed by atoms with Gasteiger partial charge in [-0.3, -0.25) is 4.79 Å². The summed E-state index contributed by atoms with van der Waals surface area (Å²) in [5.41, 5.74) is -0.254. The van der Waals surface area contributed by atoms with Gasteiger partial charge in [0, 0.05) is 5.88 Å². The van der Waals surface area contributed by atoms with E-state index in [2.05, 4.69) is 21.2 Å². The molecule has 1 saturated carbocycles. The molecule has 17 heavy (non-hydrogen) atoms. The molecule has 0 atom stereocenters. The molecular weight excluding hydrogens is 305 g/mol. The van der Waals surface area contributed by atoms with E-state index < -0.39 is 0 Å². The van der Waals surface area contributed by atoms with Crippen LogP contribution in [0.5, 0.6) is 0 Å². The van der Waals surface area contributed by atoms with E-state index in [1.807, 2.05) is 0 Å². The molecule has 1 aromatic heterocycles. The van der Waals surface area contributed by atoms with Gasteiger partial charge in [-0.1, -0.05) is 19.3 Å². The number of hydrogen-bond donors (Lipinski definition) is 1. The molecule has 1 fully saturated rings. The molecule has 1 aliphatic carbocycles. The van der Waals surface area contributed by atoms with Gasteiger partial charge in [0.1, 0.15) is 0 Å². The standard InChI is InChI=1S/C12H15BrClNO2/c13-10-5-4-9(17-10)11(16)15-12(8-14)6-2-1-3-7-12/h4-5H,1-3,6-8H2,(H,15,16). The van der Waals surface area contributed by atoms with E-state index in [0.717, 1.165) is 25.7 Å². The first-order valence-electron chi connectivity index (χ1n) is 5.79. The number of hydrogen-bond acceptors (Lipinski definition) is 2. The maximum Gasteiger partial charge on any atom is 0.287 e. The lowest BCUT2D eigenvalue weighted by molar-refractivity contribution is 0.0855. The topological polar surface area (TPSA) is 42.2 Å². The van der Waals surface area contributed by atoms with Gasteiger partial charge in [-0.05, 0) is 40.9 Å². The van der Waals surface area contributed by atoms with Crippen LogP contribution in [0.1, 0.15) is 42.7 Å². The molecule has 1 aliphatic rings. The molecule has 0 radical (unpaired) electrons. The molecule has 0 aliphatic heterocycles. The normalized spacial score (nSPS) is 18.9. The van der Waals surface area contributed by atoms with Gasteiger partial charge >= 0.3 is 0 Å². The number of carbonyl (C=O) groups is 1. The molecule has 1 N–H and O–H groups in total. The number of carbonyl (C=O) groups excluding carboxylic acids is 1. The van der Waals surface area contributed by atoms with Crippen molar-refractivity contribution in [2.24, 2.45) is 0 Å². The molecule has 2 rings (SSSR count). The first-order chi connectivity index (χ1) is 8.15. The highest BCUT2D eigenvalue weighted by atomic mass is 79.9. The predicted molar refractivity (Wildman–Crippen MR) is 70.4 cm³/mol. The lowest BCUT2D eigenvalue weighted by atomic mass is 9.83. The number of nitrogens with one attached hydrogen (secondary N) is 1. The zero-order chi connectivity index (χ0) is 12.3. The zero-order valence-electron chi connectivity index (χ0n) is 9.47. The first kappa shape index (κ1) is 13.0. The molecule has 0 spiro atoms. The third kappa shape index (κ3) is 3.05. The van der Waals surface area contributed by atoms with Gasteiger partial charge in [0.05, 0.1) is 5.54 Å². The van der Waals surface area contributed by atoms with Crippen LogP contribution in [0.25, 0.3) is 0 Å². The SMILES string of the molecule is O=C(NC1(CCl)CCCCC1)c1ccc(Br)o1. The number of rotatable bonds is 3. The van der Waals surface area contributed by atoms with Gasteiger partial charge in [-0.25, -0.2) is 0 Å². The molecule has 5 heteroatoms. The first-order valence-corrected chi connectivity index (χ1v) is 7.12. The van der Waals surface area contributed by atoms with Crippen molar-refractivity contribution in [3.8, 4) is 0 Å². The highest BCUT2D eigenvalue weighted by Gasteiger charge is 2.33. The van der Waals surface area contributed by atoms with Crippen LogP contribution >= 0.6 is 27.5 Å². The number of halogens is 2. The number of alkyl halides is 1. The van der Waals surface area contributed by atoms with E-state index in [9.17, 15) is 4.79 Å². The quantitative estimate of drug-likeness (QED) is 0.863. The van der Waals surface area contributed by atoms with Gasteiger partial charge < -0.3 is 9.73 Å². The Kier molecular flexibility index (Phi) is 4.15. The van der Waals surface area contributed by atoms with E-state index >= 15 is 0 Å². The van der Waals surface area contributed by atoms with Crippen LogP contribution in [0.3, 0.4) is 0 Å². The van der Waals surface area contributed by atoms with Crippen LogP contribution in [0.2, 0.25) is 0 Å². The summed E-state index contributed by atoms with van der Waals surface area (Å²) in [6.07, 6.45) is 5.36. The van der Waals surface area contributed by atoms with Gasteiger partial charge in [-0.15, -0.1) is 11.6 Å². The minimum Gasteiger partial charge on any atom is -0.444 e. The zero-order valence-corrected chi connectivity index (χ0v) is 11.8. The Bertz CT molecular complexity index is 399. The lowest BCUT2D eigenvalue weighted by Gasteiger charge is -2.36. The van der Waals surface area contributed by atoms with E-state index in [4.69, 9.17) is 16.0 Å². The van der Waals surface area contributed by atoms with Crippen molar-refractivity contribution >= 4 is 33.4 Å². The lowest BCUT2D eigenvalue weighted by Crippen LogP contribution is -2.51. The number of amides is 1. The maximum absolute atomic E-state index is 12.0. The highest BCUT2D eigenvalue weighted by molar-refractivity contribution is 9.10. The Hall–Kier alpha value is -0.480. The Morgan fingerprint density at radius 2 is 2.12 bits per heavy atom. The second kappa shape index (κ2) is 5.44. The van der Waals surface area contributed by atoms with Crippen LogP contribution in [-0.4, -0.2) is 17.3 Å². The monoisotopic (exact) mass is 319 g/mol. The highest BCUT2D eigenvalue weighted by Crippen LogP contribution is 2.29. The van der Waals surface area contributed by atoms with Crippen molar-refractivity contribution in [3.05, 3.63) is 22.6 Å². The molecule has 0 aromatic carbocycles. The van der Waals surface area contributed by atoms with Crippen molar-refractivity contribution in [2.45, 2.75) is 37.6 Å². The van der Waals surface area contributed by atoms with Crippen molar-refractivity contribution in [2.75, 3.05) is 5.88 Å². The minimum absolute atomic E-state index is 0.182.